The SMILES string of the molecule is CNC(C)CCCN1CCN(CC(F)(F)F)CC1. The van der Waals surface area contributed by atoms with Crippen LogP contribution in [0.5, 0.6) is 0 Å². The maximum atomic E-state index is 12.2. The fourth-order valence-electron chi connectivity index (χ4n) is 2.19. The fourth-order valence-corrected chi connectivity index (χ4v) is 2.19. The number of hydrogen-bond donors (Lipinski definition) is 1. The summed E-state index contributed by atoms with van der Waals surface area (Å²) in [5.41, 5.74) is 0. The molecule has 108 valence electrons. The lowest BCUT2D eigenvalue weighted by atomic mass is 10.1. The van der Waals surface area contributed by atoms with E-state index in [1.807, 2.05) is 7.05 Å². The number of rotatable bonds is 6. The summed E-state index contributed by atoms with van der Waals surface area (Å²) in [4.78, 5) is 3.75. The molecule has 1 N–H and O–H groups in total. The van der Waals surface area contributed by atoms with E-state index >= 15 is 0 Å². The highest BCUT2D eigenvalue weighted by atomic mass is 19.4. The molecule has 0 spiro atoms. The summed E-state index contributed by atoms with van der Waals surface area (Å²) in [5, 5.41) is 3.18. The van der Waals surface area contributed by atoms with Gasteiger partial charge in [0.2, 0.25) is 0 Å². The van der Waals surface area contributed by atoms with Crippen LogP contribution in [0.25, 0.3) is 0 Å². The summed E-state index contributed by atoms with van der Waals surface area (Å²) < 4.78 is 36.6. The Morgan fingerprint density at radius 1 is 1.11 bits per heavy atom. The van der Waals surface area contributed by atoms with E-state index in [-0.39, 0.29) is 0 Å². The van der Waals surface area contributed by atoms with Gasteiger partial charge in [-0.1, -0.05) is 0 Å². The van der Waals surface area contributed by atoms with Gasteiger partial charge in [0.15, 0.2) is 0 Å². The molecule has 18 heavy (non-hydrogen) atoms. The van der Waals surface area contributed by atoms with E-state index < -0.39 is 12.7 Å². The molecular weight excluding hydrogens is 243 g/mol. The first-order valence-electron chi connectivity index (χ1n) is 6.59. The first-order valence-corrected chi connectivity index (χ1v) is 6.59. The van der Waals surface area contributed by atoms with Crippen molar-refractivity contribution in [1.82, 2.24) is 15.1 Å². The minimum absolute atomic E-state index is 0.511. The lowest BCUT2D eigenvalue weighted by Gasteiger charge is -2.35. The molecule has 1 aliphatic rings. The van der Waals surface area contributed by atoms with E-state index in [4.69, 9.17) is 0 Å². The van der Waals surface area contributed by atoms with Crippen LogP contribution in [0.1, 0.15) is 19.8 Å². The summed E-state index contributed by atoms with van der Waals surface area (Å²) >= 11 is 0. The van der Waals surface area contributed by atoms with Crippen molar-refractivity contribution in [2.75, 3.05) is 46.3 Å². The van der Waals surface area contributed by atoms with Crippen LogP contribution in [0.2, 0.25) is 0 Å². The molecule has 1 unspecified atom stereocenters. The fraction of sp³-hybridized carbons (Fsp3) is 1.00. The van der Waals surface area contributed by atoms with Gasteiger partial charge in [0.25, 0.3) is 0 Å². The molecule has 0 bridgehead atoms. The largest absolute Gasteiger partial charge is 0.401 e. The zero-order chi connectivity index (χ0) is 13.6. The van der Waals surface area contributed by atoms with Crippen molar-refractivity contribution >= 4 is 0 Å². The molecule has 1 aliphatic heterocycles. The second-order valence-corrected chi connectivity index (χ2v) is 5.06. The van der Waals surface area contributed by atoms with Gasteiger partial charge in [0.1, 0.15) is 0 Å². The van der Waals surface area contributed by atoms with Crippen molar-refractivity contribution in [1.29, 1.82) is 0 Å². The third-order valence-corrected chi connectivity index (χ3v) is 3.47. The van der Waals surface area contributed by atoms with E-state index in [2.05, 4.69) is 17.1 Å². The zero-order valence-electron chi connectivity index (χ0n) is 11.3. The van der Waals surface area contributed by atoms with Gasteiger partial charge in [-0.2, -0.15) is 13.2 Å². The molecule has 1 fully saturated rings. The number of nitrogens with one attached hydrogen (secondary N) is 1. The molecule has 1 rings (SSSR count). The predicted octanol–water partition coefficient (Wildman–Crippen LogP) is 1.55. The number of piperazine rings is 1. The average molecular weight is 267 g/mol. The summed E-state index contributed by atoms with van der Waals surface area (Å²) in [7, 11) is 1.95. The van der Waals surface area contributed by atoms with E-state index in [0.717, 1.165) is 32.5 Å². The molecule has 1 heterocycles. The van der Waals surface area contributed by atoms with Crippen molar-refractivity contribution in [2.24, 2.45) is 0 Å². The normalized spacial score (nSPS) is 21.2. The van der Waals surface area contributed by atoms with Crippen molar-refractivity contribution in [2.45, 2.75) is 32.0 Å². The molecule has 1 saturated heterocycles. The lowest BCUT2D eigenvalue weighted by molar-refractivity contribution is -0.149. The van der Waals surface area contributed by atoms with Crippen molar-refractivity contribution in [3.05, 3.63) is 0 Å². The quantitative estimate of drug-likeness (QED) is 0.788. The topological polar surface area (TPSA) is 18.5 Å². The van der Waals surface area contributed by atoms with Gasteiger partial charge >= 0.3 is 6.18 Å². The highest BCUT2D eigenvalue weighted by molar-refractivity contribution is 4.74. The van der Waals surface area contributed by atoms with Crippen LogP contribution >= 0.6 is 0 Å². The summed E-state index contributed by atoms with van der Waals surface area (Å²) in [6.07, 6.45) is -1.86. The Labute approximate surface area is 107 Å². The molecular formula is C12H24F3N3. The van der Waals surface area contributed by atoms with Gasteiger partial charge in [0.05, 0.1) is 6.54 Å². The molecule has 0 aromatic heterocycles. The average Bonchev–Trinajstić information content (AvgIpc) is 2.29. The minimum Gasteiger partial charge on any atom is -0.317 e. The molecule has 0 aliphatic carbocycles. The third kappa shape index (κ3) is 6.56. The van der Waals surface area contributed by atoms with Crippen LogP contribution in [0.15, 0.2) is 0 Å². The minimum atomic E-state index is -4.07. The number of hydrogen-bond acceptors (Lipinski definition) is 3. The number of nitrogens with zero attached hydrogens (tertiary/aromatic N) is 2. The van der Waals surface area contributed by atoms with Crippen LogP contribution in [0, 0.1) is 0 Å². The predicted molar refractivity (Wildman–Crippen MR) is 66.7 cm³/mol. The van der Waals surface area contributed by atoms with Gasteiger partial charge in [-0.15, -0.1) is 0 Å². The van der Waals surface area contributed by atoms with Crippen molar-refractivity contribution < 1.29 is 13.2 Å². The van der Waals surface area contributed by atoms with Gasteiger partial charge < -0.3 is 10.2 Å². The Hall–Kier alpha value is -0.330. The molecule has 0 amide bonds. The molecule has 3 nitrogen and oxygen atoms in total. The summed E-state index contributed by atoms with van der Waals surface area (Å²) in [6.45, 7) is 4.93. The maximum absolute atomic E-state index is 12.2. The highest BCUT2D eigenvalue weighted by Crippen LogP contribution is 2.17. The van der Waals surface area contributed by atoms with Crippen LogP contribution in [0.4, 0.5) is 13.2 Å². The lowest BCUT2D eigenvalue weighted by Crippen LogP contribution is -2.49. The Morgan fingerprint density at radius 2 is 1.67 bits per heavy atom. The van der Waals surface area contributed by atoms with Gasteiger partial charge in [-0.05, 0) is 33.4 Å². The van der Waals surface area contributed by atoms with Gasteiger partial charge in [0, 0.05) is 32.2 Å². The highest BCUT2D eigenvalue weighted by Gasteiger charge is 2.31. The van der Waals surface area contributed by atoms with Crippen molar-refractivity contribution in [3.63, 3.8) is 0 Å². The maximum Gasteiger partial charge on any atom is 0.401 e. The zero-order valence-corrected chi connectivity index (χ0v) is 11.3. The Balaban J connectivity index is 2.12. The van der Waals surface area contributed by atoms with E-state index in [1.54, 1.807) is 0 Å². The molecule has 1 atom stereocenters. The standard InChI is InChI=1S/C12H24F3N3/c1-11(16-2)4-3-5-17-6-8-18(9-7-17)10-12(13,14)15/h11,16H,3-10H2,1-2H3. The Bertz CT molecular complexity index is 225. The van der Waals surface area contributed by atoms with Crippen LogP contribution in [-0.4, -0.2) is 68.3 Å². The van der Waals surface area contributed by atoms with Gasteiger partial charge in [-0.3, -0.25) is 4.90 Å². The monoisotopic (exact) mass is 267 g/mol. The van der Waals surface area contributed by atoms with E-state index in [0.29, 0.717) is 19.1 Å². The smallest absolute Gasteiger partial charge is 0.317 e. The van der Waals surface area contributed by atoms with Crippen LogP contribution < -0.4 is 5.32 Å². The van der Waals surface area contributed by atoms with E-state index in [1.165, 1.54) is 4.90 Å². The van der Waals surface area contributed by atoms with Gasteiger partial charge in [-0.25, -0.2) is 0 Å². The first-order chi connectivity index (χ1) is 8.40. The van der Waals surface area contributed by atoms with E-state index in [9.17, 15) is 13.2 Å². The molecule has 0 aromatic rings. The first kappa shape index (κ1) is 15.7. The Kier molecular flexibility index (Phi) is 6.38. The number of alkyl halides is 3. The molecule has 0 radical (unpaired) electrons. The van der Waals surface area contributed by atoms with Crippen molar-refractivity contribution in [3.8, 4) is 0 Å². The second kappa shape index (κ2) is 7.31. The Morgan fingerprint density at radius 3 is 2.17 bits per heavy atom. The second-order valence-electron chi connectivity index (χ2n) is 5.06. The third-order valence-electron chi connectivity index (χ3n) is 3.47. The summed E-state index contributed by atoms with van der Waals surface area (Å²) in [6, 6.07) is 0.511. The number of halogens is 3. The molecule has 0 aromatic carbocycles. The van der Waals surface area contributed by atoms with Crippen LogP contribution in [-0.2, 0) is 0 Å². The summed E-state index contributed by atoms with van der Waals surface area (Å²) in [5.74, 6) is 0. The molecule has 6 heteroatoms. The van der Waals surface area contributed by atoms with Crippen LogP contribution in [0.3, 0.4) is 0 Å². The molecule has 0 saturated carbocycles.